The van der Waals surface area contributed by atoms with Gasteiger partial charge in [-0.05, 0) is 46.2 Å². The Bertz CT molecular complexity index is 214. The second kappa shape index (κ2) is 4.94. The predicted octanol–water partition coefficient (Wildman–Crippen LogP) is 0.944. The van der Waals surface area contributed by atoms with Gasteiger partial charge in [0, 0.05) is 6.54 Å². The molecule has 4 nitrogen and oxygen atoms in total. The number of aliphatic hydroxyl groups is 1. The zero-order valence-corrected chi connectivity index (χ0v) is 9.57. The average Bonchev–Trinajstić information content (AvgIpc) is 2.14. The summed E-state index contributed by atoms with van der Waals surface area (Å²) in [5.41, 5.74) is -0.621. The molecule has 0 atom stereocenters. The van der Waals surface area contributed by atoms with Crippen molar-refractivity contribution in [2.24, 2.45) is 5.92 Å². The Labute approximate surface area is 90.9 Å². The highest BCUT2D eigenvalue weighted by atomic mass is 16.4. The summed E-state index contributed by atoms with van der Waals surface area (Å²) in [4.78, 5) is 13.0. The molecule has 2 N–H and O–H groups in total. The number of carbonyl (C=O) groups is 1. The van der Waals surface area contributed by atoms with Crippen LogP contribution in [0, 0.1) is 5.92 Å². The highest BCUT2D eigenvalue weighted by Gasteiger charge is 2.25. The van der Waals surface area contributed by atoms with Crippen molar-refractivity contribution in [1.29, 1.82) is 0 Å². The van der Waals surface area contributed by atoms with E-state index in [-0.39, 0.29) is 5.92 Å². The van der Waals surface area contributed by atoms with Gasteiger partial charge in [0.1, 0.15) is 0 Å². The van der Waals surface area contributed by atoms with Crippen LogP contribution in [0.5, 0.6) is 0 Å². The highest BCUT2D eigenvalue weighted by Crippen LogP contribution is 2.18. The van der Waals surface area contributed by atoms with Crippen LogP contribution >= 0.6 is 0 Å². The number of hydrogen-bond donors (Lipinski definition) is 2. The van der Waals surface area contributed by atoms with Crippen LogP contribution in [-0.2, 0) is 4.79 Å². The third-order valence-electron chi connectivity index (χ3n) is 2.98. The minimum atomic E-state index is -0.669. The molecular formula is C11H21NO3. The lowest BCUT2D eigenvalue weighted by Gasteiger charge is -2.31. The Morgan fingerprint density at radius 1 is 1.40 bits per heavy atom. The first-order valence-corrected chi connectivity index (χ1v) is 5.56. The van der Waals surface area contributed by atoms with Gasteiger partial charge >= 0.3 is 5.97 Å². The van der Waals surface area contributed by atoms with Crippen molar-refractivity contribution in [3.8, 4) is 0 Å². The van der Waals surface area contributed by atoms with Crippen LogP contribution in [0.4, 0.5) is 0 Å². The van der Waals surface area contributed by atoms with E-state index in [1.807, 2.05) is 0 Å². The standard InChI is InChI=1S/C11H21NO3/c1-11(2,15)5-8-12-6-3-9(4-7-12)10(13)14/h9,15H,3-8H2,1-2H3,(H,13,14). The number of aliphatic carboxylic acids is 1. The normalized spacial score (nSPS) is 20.5. The molecule has 0 aromatic heterocycles. The van der Waals surface area contributed by atoms with E-state index in [2.05, 4.69) is 4.90 Å². The molecule has 0 radical (unpaired) electrons. The molecule has 0 saturated carbocycles. The van der Waals surface area contributed by atoms with Gasteiger partial charge in [0.05, 0.1) is 11.5 Å². The fraction of sp³-hybridized carbons (Fsp3) is 0.909. The molecule has 1 fully saturated rings. The quantitative estimate of drug-likeness (QED) is 0.733. The van der Waals surface area contributed by atoms with Crippen molar-refractivity contribution in [2.45, 2.75) is 38.7 Å². The molecule has 4 heteroatoms. The first kappa shape index (κ1) is 12.5. The van der Waals surface area contributed by atoms with Crippen LogP contribution in [0.25, 0.3) is 0 Å². The van der Waals surface area contributed by atoms with Gasteiger partial charge in [0.25, 0.3) is 0 Å². The summed E-state index contributed by atoms with van der Waals surface area (Å²) < 4.78 is 0. The Kier molecular flexibility index (Phi) is 4.11. The highest BCUT2D eigenvalue weighted by molar-refractivity contribution is 5.70. The van der Waals surface area contributed by atoms with Crippen LogP contribution in [0.3, 0.4) is 0 Å². The van der Waals surface area contributed by atoms with Gasteiger partial charge in [-0.3, -0.25) is 4.79 Å². The maximum Gasteiger partial charge on any atom is 0.306 e. The smallest absolute Gasteiger partial charge is 0.306 e. The van der Waals surface area contributed by atoms with Gasteiger partial charge in [0.2, 0.25) is 0 Å². The molecular weight excluding hydrogens is 194 g/mol. The number of carboxylic acids is 1. The topological polar surface area (TPSA) is 60.8 Å². The first-order valence-electron chi connectivity index (χ1n) is 5.56. The molecule has 0 bridgehead atoms. The van der Waals surface area contributed by atoms with E-state index in [0.29, 0.717) is 0 Å². The number of rotatable bonds is 4. The van der Waals surface area contributed by atoms with Crippen LogP contribution in [0.2, 0.25) is 0 Å². The monoisotopic (exact) mass is 215 g/mol. The van der Waals surface area contributed by atoms with Crippen LogP contribution in [-0.4, -0.2) is 46.3 Å². The molecule has 1 aliphatic heterocycles. The molecule has 0 aliphatic carbocycles. The molecule has 0 aromatic carbocycles. The molecule has 1 rings (SSSR count). The number of nitrogens with zero attached hydrogens (tertiary/aromatic N) is 1. The average molecular weight is 215 g/mol. The maximum atomic E-state index is 10.7. The second-order valence-corrected chi connectivity index (χ2v) is 5.02. The van der Waals surface area contributed by atoms with E-state index in [0.717, 1.165) is 38.9 Å². The molecule has 1 saturated heterocycles. The zero-order valence-electron chi connectivity index (χ0n) is 9.57. The fourth-order valence-corrected chi connectivity index (χ4v) is 1.84. The summed E-state index contributed by atoms with van der Waals surface area (Å²) in [6.07, 6.45) is 2.22. The number of hydrogen-bond acceptors (Lipinski definition) is 3. The van der Waals surface area contributed by atoms with E-state index in [1.54, 1.807) is 13.8 Å². The minimum Gasteiger partial charge on any atom is -0.481 e. The van der Waals surface area contributed by atoms with Gasteiger partial charge < -0.3 is 15.1 Å². The van der Waals surface area contributed by atoms with Gasteiger partial charge in [-0.25, -0.2) is 0 Å². The molecule has 1 aliphatic rings. The van der Waals surface area contributed by atoms with Crippen molar-refractivity contribution in [1.82, 2.24) is 4.90 Å². The van der Waals surface area contributed by atoms with Gasteiger partial charge in [-0.1, -0.05) is 0 Å². The summed E-state index contributed by atoms with van der Waals surface area (Å²) >= 11 is 0. The summed E-state index contributed by atoms with van der Waals surface area (Å²) in [6, 6.07) is 0. The minimum absolute atomic E-state index is 0.164. The first-order chi connectivity index (χ1) is 6.88. The molecule has 88 valence electrons. The van der Waals surface area contributed by atoms with E-state index in [9.17, 15) is 9.90 Å². The lowest BCUT2D eigenvalue weighted by atomic mass is 9.96. The number of piperidine rings is 1. The molecule has 1 heterocycles. The number of likely N-dealkylation sites (tertiary alicyclic amines) is 1. The van der Waals surface area contributed by atoms with Crippen molar-refractivity contribution in [3.05, 3.63) is 0 Å². The summed E-state index contributed by atoms with van der Waals surface area (Å²) in [5, 5.41) is 18.4. The van der Waals surface area contributed by atoms with Crippen LogP contribution < -0.4 is 0 Å². The number of carboxylic acid groups (broad SMARTS) is 1. The van der Waals surface area contributed by atoms with Gasteiger partial charge in [-0.15, -0.1) is 0 Å². The summed E-state index contributed by atoms with van der Waals surface area (Å²) in [6.45, 7) is 6.14. The largest absolute Gasteiger partial charge is 0.481 e. The third-order valence-corrected chi connectivity index (χ3v) is 2.98. The summed E-state index contributed by atoms with van der Waals surface area (Å²) in [5.74, 6) is -0.833. The lowest BCUT2D eigenvalue weighted by Crippen LogP contribution is -2.38. The Hall–Kier alpha value is -0.610. The Balaban J connectivity index is 2.23. The van der Waals surface area contributed by atoms with Gasteiger partial charge in [-0.2, -0.15) is 0 Å². The van der Waals surface area contributed by atoms with Crippen molar-refractivity contribution < 1.29 is 15.0 Å². The van der Waals surface area contributed by atoms with E-state index in [4.69, 9.17) is 5.11 Å². The van der Waals surface area contributed by atoms with Crippen molar-refractivity contribution in [2.75, 3.05) is 19.6 Å². The molecule has 0 unspecified atom stereocenters. The van der Waals surface area contributed by atoms with E-state index >= 15 is 0 Å². The van der Waals surface area contributed by atoms with Crippen LogP contribution in [0.15, 0.2) is 0 Å². The van der Waals surface area contributed by atoms with Gasteiger partial charge in [0.15, 0.2) is 0 Å². The predicted molar refractivity (Wildman–Crippen MR) is 57.7 cm³/mol. The zero-order chi connectivity index (χ0) is 11.5. The van der Waals surface area contributed by atoms with E-state index in [1.165, 1.54) is 0 Å². The molecule has 0 spiro atoms. The Morgan fingerprint density at radius 2 is 1.93 bits per heavy atom. The van der Waals surface area contributed by atoms with Crippen molar-refractivity contribution >= 4 is 5.97 Å². The van der Waals surface area contributed by atoms with E-state index < -0.39 is 11.6 Å². The fourth-order valence-electron chi connectivity index (χ4n) is 1.84. The molecule has 0 aromatic rings. The summed E-state index contributed by atoms with van der Waals surface area (Å²) in [7, 11) is 0. The SMILES string of the molecule is CC(C)(O)CCN1CCC(C(=O)O)CC1. The lowest BCUT2D eigenvalue weighted by molar-refractivity contribution is -0.143. The second-order valence-electron chi connectivity index (χ2n) is 5.02. The van der Waals surface area contributed by atoms with Crippen molar-refractivity contribution in [3.63, 3.8) is 0 Å². The third kappa shape index (κ3) is 4.62. The Morgan fingerprint density at radius 3 is 2.33 bits per heavy atom. The molecule has 0 amide bonds. The van der Waals surface area contributed by atoms with Crippen LogP contribution in [0.1, 0.15) is 33.1 Å². The molecule has 15 heavy (non-hydrogen) atoms. The maximum absolute atomic E-state index is 10.7.